The molecule has 0 bridgehead atoms. The molecule has 0 unspecified atom stereocenters. The summed E-state index contributed by atoms with van der Waals surface area (Å²) in [5, 5.41) is 0. The molecule has 0 aliphatic heterocycles. The van der Waals surface area contributed by atoms with Crippen molar-refractivity contribution in [2.75, 3.05) is 17.2 Å². The molecule has 3 aromatic rings. The second-order valence-electron chi connectivity index (χ2n) is 9.03. The number of anilines is 2. The Morgan fingerprint density at radius 2 is 1.86 bits per heavy atom. The summed E-state index contributed by atoms with van der Waals surface area (Å²) in [5.74, 6) is 0.790. The van der Waals surface area contributed by atoms with Crippen LogP contribution in [0.15, 0.2) is 50.4 Å². The van der Waals surface area contributed by atoms with Crippen molar-refractivity contribution in [1.82, 2.24) is 9.55 Å². The highest BCUT2D eigenvalue weighted by Gasteiger charge is 2.25. The van der Waals surface area contributed by atoms with E-state index in [0.717, 1.165) is 5.56 Å². The number of nitrogen functional groups attached to an aromatic ring is 1. The zero-order valence-electron chi connectivity index (χ0n) is 20.6. The Balaban J connectivity index is 1.94. The SMILES string of the molecule is CC(=O)c1cc(CCC(=O)N(CCC(C)C)c2c(N)n(Cc3ccccc3)c(=O)[nH]c2=O)oc1C. The van der Waals surface area contributed by atoms with Crippen molar-refractivity contribution >= 4 is 23.2 Å². The van der Waals surface area contributed by atoms with E-state index < -0.39 is 11.2 Å². The molecule has 2 heterocycles. The third-order valence-corrected chi connectivity index (χ3v) is 5.83. The molecule has 0 atom stereocenters. The molecule has 0 radical (unpaired) electrons. The maximum Gasteiger partial charge on any atom is 0.330 e. The lowest BCUT2D eigenvalue weighted by atomic mass is 10.1. The molecule has 35 heavy (non-hydrogen) atoms. The number of amides is 1. The molecule has 0 aliphatic carbocycles. The van der Waals surface area contributed by atoms with Crippen LogP contribution >= 0.6 is 0 Å². The van der Waals surface area contributed by atoms with Gasteiger partial charge < -0.3 is 15.1 Å². The van der Waals surface area contributed by atoms with Gasteiger partial charge >= 0.3 is 5.69 Å². The number of nitrogens with one attached hydrogen (secondary N) is 1. The Labute approximate surface area is 203 Å². The summed E-state index contributed by atoms with van der Waals surface area (Å²) in [6.45, 7) is 7.61. The van der Waals surface area contributed by atoms with Gasteiger partial charge in [0, 0.05) is 19.4 Å². The van der Waals surface area contributed by atoms with Gasteiger partial charge in [-0.3, -0.25) is 23.9 Å². The van der Waals surface area contributed by atoms with Gasteiger partial charge in [-0.1, -0.05) is 44.2 Å². The van der Waals surface area contributed by atoms with E-state index in [-0.39, 0.29) is 55.0 Å². The van der Waals surface area contributed by atoms with Crippen LogP contribution in [0, 0.1) is 12.8 Å². The fourth-order valence-electron chi connectivity index (χ4n) is 3.89. The van der Waals surface area contributed by atoms with Crippen LogP contribution in [0.3, 0.4) is 0 Å². The minimum absolute atomic E-state index is 0.0359. The number of rotatable bonds is 10. The van der Waals surface area contributed by atoms with Crippen LogP contribution in [0.25, 0.3) is 0 Å². The fraction of sp³-hybridized carbons (Fsp3) is 0.385. The lowest BCUT2D eigenvalue weighted by molar-refractivity contribution is -0.118. The molecule has 9 heteroatoms. The van der Waals surface area contributed by atoms with Gasteiger partial charge in [0.05, 0.1) is 12.1 Å². The highest BCUT2D eigenvalue weighted by Crippen LogP contribution is 2.22. The van der Waals surface area contributed by atoms with Crippen LogP contribution in [0.4, 0.5) is 11.5 Å². The number of benzene rings is 1. The standard InChI is InChI=1S/C26H32N4O5/c1-16(2)12-13-29(22(32)11-10-20-14-21(17(3)31)18(4)35-20)23-24(27)30(26(34)28-25(23)33)15-19-8-6-5-7-9-19/h5-9,14,16H,10-13,15,27H2,1-4H3,(H,28,33,34). The van der Waals surface area contributed by atoms with Gasteiger partial charge in [-0.25, -0.2) is 4.79 Å². The molecule has 2 aromatic heterocycles. The van der Waals surface area contributed by atoms with Crippen molar-refractivity contribution in [1.29, 1.82) is 0 Å². The first-order valence-corrected chi connectivity index (χ1v) is 11.7. The zero-order chi connectivity index (χ0) is 25.7. The minimum Gasteiger partial charge on any atom is -0.466 e. The predicted octanol–water partition coefficient (Wildman–Crippen LogP) is 3.28. The molecule has 0 saturated heterocycles. The maximum absolute atomic E-state index is 13.3. The number of ketones is 1. The lowest BCUT2D eigenvalue weighted by Gasteiger charge is -2.25. The number of Topliss-reactive ketones (excluding diaryl/α,β-unsaturated/α-hetero) is 1. The number of hydrogen-bond donors (Lipinski definition) is 2. The molecule has 0 spiro atoms. The third-order valence-electron chi connectivity index (χ3n) is 5.83. The summed E-state index contributed by atoms with van der Waals surface area (Å²) in [7, 11) is 0. The van der Waals surface area contributed by atoms with Gasteiger partial charge in [-0.05, 0) is 37.8 Å². The number of carbonyl (C=O) groups is 2. The van der Waals surface area contributed by atoms with E-state index in [1.807, 2.05) is 44.2 Å². The topological polar surface area (TPSA) is 131 Å². The normalized spacial score (nSPS) is 11.1. The number of H-pyrrole nitrogens is 1. The third kappa shape index (κ3) is 6.17. The molecule has 0 saturated carbocycles. The minimum atomic E-state index is -0.707. The second kappa shape index (κ2) is 11.0. The summed E-state index contributed by atoms with van der Waals surface area (Å²) < 4.78 is 6.89. The average molecular weight is 481 g/mol. The molecule has 1 aromatic carbocycles. The maximum atomic E-state index is 13.3. The van der Waals surface area contributed by atoms with Crippen LogP contribution < -0.4 is 21.9 Å². The van der Waals surface area contributed by atoms with E-state index >= 15 is 0 Å². The van der Waals surface area contributed by atoms with E-state index in [2.05, 4.69) is 4.98 Å². The summed E-state index contributed by atoms with van der Waals surface area (Å²) in [6, 6.07) is 10.9. The van der Waals surface area contributed by atoms with Crippen molar-refractivity contribution < 1.29 is 14.0 Å². The quantitative estimate of drug-likeness (QED) is 0.428. The van der Waals surface area contributed by atoms with Crippen LogP contribution in [-0.4, -0.2) is 27.8 Å². The molecular weight excluding hydrogens is 448 g/mol. The number of aryl methyl sites for hydroxylation is 2. The predicted molar refractivity (Wildman–Crippen MR) is 135 cm³/mol. The van der Waals surface area contributed by atoms with Crippen LogP contribution in [0.5, 0.6) is 0 Å². The van der Waals surface area contributed by atoms with Crippen molar-refractivity contribution in [3.63, 3.8) is 0 Å². The Bertz CT molecular complexity index is 1320. The largest absolute Gasteiger partial charge is 0.466 e. The summed E-state index contributed by atoms with van der Waals surface area (Å²) in [5.41, 5.74) is 6.26. The Morgan fingerprint density at radius 1 is 1.17 bits per heavy atom. The van der Waals surface area contributed by atoms with E-state index in [9.17, 15) is 19.2 Å². The average Bonchev–Trinajstić information content (AvgIpc) is 3.18. The Hall–Kier alpha value is -3.88. The highest BCUT2D eigenvalue weighted by molar-refractivity contribution is 5.96. The second-order valence-corrected chi connectivity index (χ2v) is 9.03. The number of hydrogen-bond acceptors (Lipinski definition) is 6. The molecule has 9 nitrogen and oxygen atoms in total. The first kappa shape index (κ1) is 25.7. The molecule has 1 amide bonds. The highest BCUT2D eigenvalue weighted by atomic mass is 16.3. The number of nitrogens with zero attached hydrogens (tertiary/aromatic N) is 2. The van der Waals surface area contributed by atoms with Crippen LogP contribution in [0.2, 0.25) is 0 Å². The van der Waals surface area contributed by atoms with Crippen molar-refractivity contribution in [2.45, 2.75) is 53.5 Å². The van der Waals surface area contributed by atoms with Gasteiger partial charge in [0.1, 0.15) is 17.3 Å². The van der Waals surface area contributed by atoms with E-state index in [0.29, 0.717) is 23.5 Å². The smallest absolute Gasteiger partial charge is 0.330 e. The molecule has 186 valence electrons. The monoisotopic (exact) mass is 480 g/mol. The fourth-order valence-corrected chi connectivity index (χ4v) is 3.89. The number of aromatic amines is 1. The van der Waals surface area contributed by atoms with Gasteiger partial charge in [-0.15, -0.1) is 0 Å². The number of aromatic nitrogens is 2. The first-order chi connectivity index (χ1) is 16.6. The van der Waals surface area contributed by atoms with Gasteiger partial charge in [-0.2, -0.15) is 0 Å². The molecule has 3 N–H and O–H groups in total. The summed E-state index contributed by atoms with van der Waals surface area (Å²) in [4.78, 5) is 54.1. The number of furan rings is 1. The Kier molecular flexibility index (Phi) is 8.11. The molecule has 0 fully saturated rings. The van der Waals surface area contributed by atoms with Gasteiger partial charge in [0.15, 0.2) is 11.5 Å². The van der Waals surface area contributed by atoms with E-state index in [1.54, 1.807) is 13.0 Å². The molecule has 3 rings (SSSR count). The van der Waals surface area contributed by atoms with Crippen LogP contribution in [-0.2, 0) is 17.8 Å². The lowest BCUT2D eigenvalue weighted by Crippen LogP contribution is -2.42. The van der Waals surface area contributed by atoms with Crippen molar-refractivity contribution in [3.8, 4) is 0 Å². The van der Waals surface area contributed by atoms with Crippen molar-refractivity contribution in [2.24, 2.45) is 5.92 Å². The number of nitrogens with two attached hydrogens (primary N) is 1. The summed E-state index contributed by atoms with van der Waals surface area (Å²) in [6.07, 6.45) is 0.933. The van der Waals surface area contributed by atoms with E-state index in [4.69, 9.17) is 10.2 Å². The van der Waals surface area contributed by atoms with Gasteiger partial charge in [0.2, 0.25) is 5.91 Å². The summed E-state index contributed by atoms with van der Waals surface area (Å²) >= 11 is 0. The number of carbonyl (C=O) groups excluding carboxylic acids is 2. The zero-order valence-corrected chi connectivity index (χ0v) is 20.6. The van der Waals surface area contributed by atoms with E-state index in [1.165, 1.54) is 16.4 Å². The first-order valence-electron chi connectivity index (χ1n) is 11.7. The molecule has 0 aliphatic rings. The van der Waals surface area contributed by atoms with Gasteiger partial charge in [0.25, 0.3) is 5.56 Å². The molecular formula is C26H32N4O5. The van der Waals surface area contributed by atoms with Crippen molar-refractivity contribution in [3.05, 3.63) is 79.9 Å². The Morgan fingerprint density at radius 3 is 2.46 bits per heavy atom. The van der Waals surface area contributed by atoms with Crippen LogP contribution in [0.1, 0.15) is 61.1 Å².